The molecule has 5 atom stereocenters. The van der Waals surface area contributed by atoms with Gasteiger partial charge in [-0.15, -0.1) is 0 Å². The van der Waals surface area contributed by atoms with Crippen molar-refractivity contribution in [1.29, 1.82) is 0 Å². The third-order valence-electron chi connectivity index (χ3n) is 16.8. The maximum atomic E-state index is 12.9. The molecule has 0 bridgehead atoms. The number of unbranched alkanes of at least 4 members (excludes halogenated alkanes) is 31. The molecule has 0 rings (SSSR count). The first-order valence-corrected chi connectivity index (χ1v) is 43.5. The molecular formula is C85H146O16P2. The molecular weight excluding hydrogens is 1340 g/mol. The van der Waals surface area contributed by atoms with Crippen molar-refractivity contribution in [2.45, 2.75) is 347 Å². The molecule has 592 valence electrons. The molecule has 0 spiro atoms. The summed E-state index contributed by atoms with van der Waals surface area (Å²) in [4.78, 5) is 58.6. The van der Waals surface area contributed by atoms with Gasteiger partial charge in [0.15, 0.2) is 6.10 Å². The van der Waals surface area contributed by atoms with Gasteiger partial charge in [-0.2, -0.15) is 0 Å². The van der Waals surface area contributed by atoms with Gasteiger partial charge in [0.25, 0.3) is 0 Å². The maximum absolute atomic E-state index is 12.9. The number of hydrogen-bond donors (Lipinski definition) is 4. The molecule has 0 aliphatic carbocycles. The number of phosphoric acid groups is 2. The number of allylic oxidation sites excluding steroid dienone is 22. The molecule has 0 amide bonds. The van der Waals surface area contributed by atoms with Gasteiger partial charge in [0, 0.05) is 19.3 Å². The van der Waals surface area contributed by atoms with Gasteiger partial charge in [-0.1, -0.05) is 302 Å². The Balaban J connectivity index is 4.49. The Morgan fingerprint density at radius 3 is 0.845 bits per heavy atom. The molecule has 0 radical (unpaired) electrons. The fourth-order valence-electron chi connectivity index (χ4n) is 10.7. The lowest BCUT2D eigenvalue weighted by Gasteiger charge is -2.21. The average Bonchev–Trinajstić information content (AvgIpc) is 0.947. The zero-order valence-corrected chi connectivity index (χ0v) is 66.5. The van der Waals surface area contributed by atoms with Gasteiger partial charge in [-0.05, 0) is 141 Å². The van der Waals surface area contributed by atoms with Crippen LogP contribution in [0.1, 0.15) is 329 Å². The van der Waals surface area contributed by atoms with Gasteiger partial charge >= 0.3 is 33.6 Å². The van der Waals surface area contributed by atoms with Gasteiger partial charge in [0.1, 0.15) is 25.4 Å². The zero-order chi connectivity index (χ0) is 75.2. The Morgan fingerprint density at radius 2 is 0.515 bits per heavy atom. The maximum Gasteiger partial charge on any atom is 0.472 e. The zero-order valence-electron chi connectivity index (χ0n) is 64.7. The van der Waals surface area contributed by atoms with E-state index in [2.05, 4.69) is 154 Å². The van der Waals surface area contributed by atoms with Gasteiger partial charge in [-0.25, -0.2) is 9.13 Å². The van der Waals surface area contributed by atoms with E-state index in [0.29, 0.717) is 19.3 Å². The molecule has 0 aliphatic heterocycles. The minimum Gasteiger partial charge on any atom is -0.463 e. The number of phosphoric ester groups is 2. The normalized spacial score (nSPS) is 14.7. The van der Waals surface area contributed by atoms with E-state index in [1.54, 1.807) is 0 Å². The molecule has 16 nitrogen and oxygen atoms in total. The lowest BCUT2D eigenvalue weighted by atomic mass is 10.0. The van der Waals surface area contributed by atoms with Crippen LogP contribution in [0.3, 0.4) is 0 Å². The first kappa shape index (κ1) is 98.7. The molecule has 0 aliphatic rings. The number of aliphatic hydroxyl groups is 2. The van der Waals surface area contributed by atoms with E-state index >= 15 is 0 Å². The number of aliphatic hydroxyl groups excluding tert-OH is 2. The van der Waals surface area contributed by atoms with Crippen molar-refractivity contribution in [3.05, 3.63) is 134 Å². The van der Waals surface area contributed by atoms with Crippen LogP contribution in [0.5, 0.6) is 0 Å². The Morgan fingerprint density at radius 1 is 0.282 bits per heavy atom. The highest BCUT2D eigenvalue weighted by atomic mass is 31.2. The van der Waals surface area contributed by atoms with Crippen LogP contribution in [-0.4, -0.2) is 95.9 Å². The highest BCUT2D eigenvalue weighted by Crippen LogP contribution is 2.45. The fraction of sp³-hybridized carbons (Fsp3) is 0.706. The number of esters is 3. The smallest absolute Gasteiger partial charge is 0.463 e. The number of rotatable bonds is 76. The first-order chi connectivity index (χ1) is 50.2. The van der Waals surface area contributed by atoms with Crippen LogP contribution in [0.25, 0.3) is 0 Å². The molecule has 0 aromatic carbocycles. The number of ether oxygens (including phenoxy) is 3. The molecule has 0 heterocycles. The monoisotopic (exact) mass is 1490 g/mol. The summed E-state index contributed by atoms with van der Waals surface area (Å²) in [6.45, 7) is 2.49. The standard InChI is InChI=1S/C85H146O16P2/c1-4-7-10-13-16-19-22-25-27-29-31-33-35-36-37-38-39-40-41-42-44-46-47-49-51-54-56-59-62-65-68-71-83(88)95-74-80(86)75-97-102(91,92)98-76-81(87)77-99-103(93,94)100-79-82(101-85(90)73-70-67-64-61-58-53-24-21-18-15-12-9-6-3)78-96-84(89)72-69-66-63-60-57-55-52-50-48-45-43-34-32-30-28-26-23-20-17-14-11-8-5-2/h8,11,16-17,19-21,24-28,31-34,36-37,45,48,52,55,80-82,86-87H,4-7,9-10,12-15,18,22-23,29-30,35,38-44,46-47,49-51,53-54,56-79H2,1-3H3,(H,91,92)(H,93,94)/b11-8-,19-16-,20-17-,24-21-,27-25-,28-26-,33-31-,34-32-,37-36-,48-45-,55-52-. The van der Waals surface area contributed by atoms with Crippen molar-refractivity contribution >= 4 is 33.6 Å². The van der Waals surface area contributed by atoms with Crippen LogP contribution in [0.15, 0.2) is 134 Å². The van der Waals surface area contributed by atoms with Crippen LogP contribution >= 0.6 is 15.6 Å². The lowest BCUT2D eigenvalue weighted by Crippen LogP contribution is -2.30. The molecule has 103 heavy (non-hydrogen) atoms. The van der Waals surface area contributed by atoms with Crippen molar-refractivity contribution in [2.24, 2.45) is 0 Å². The molecule has 0 fully saturated rings. The Bertz CT molecular complexity index is 2410. The Labute approximate surface area is 626 Å². The third-order valence-corrected chi connectivity index (χ3v) is 18.7. The lowest BCUT2D eigenvalue weighted by molar-refractivity contribution is -0.161. The van der Waals surface area contributed by atoms with E-state index < -0.39 is 91.5 Å². The largest absolute Gasteiger partial charge is 0.472 e. The molecule has 4 N–H and O–H groups in total. The summed E-state index contributed by atoms with van der Waals surface area (Å²) in [6, 6.07) is 0. The number of hydrogen-bond acceptors (Lipinski definition) is 14. The number of carbonyl (C=O) groups excluding carboxylic acids is 3. The quantitative estimate of drug-likeness (QED) is 0.0146. The van der Waals surface area contributed by atoms with Crippen molar-refractivity contribution < 1.29 is 75.8 Å². The van der Waals surface area contributed by atoms with Crippen molar-refractivity contribution in [1.82, 2.24) is 0 Å². The van der Waals surface area contributed by atoms with Crippen LogP contribution in [0, 0.1) is 0 Å². The van der Waals surface area contributed by atoms with E-state index in [4.69, 9.17) is 32.3 Å². The summed E-state index contributed by atoms with van der Waals surface area (Å²) in [7, 11) is -9.80. The van der Waals surface area contributed by atoms with Crippen LogP contribution < -0.4 is 0 Å². The van der Waals surface area contributed by atoms with Crippen molar-refractivity contribution in [3.8, 4) is 0 Å². The molecule has 0 aromatic rings. The highest BCUT2D eigenvalue weighted by molar-refractivity contribution is 7.47. The summed E-state index contributed by atoms with van der Waals surface area (Å²) in [6.07, 6.45) is 93.7. The van der Waals surface area contributed by atoms with Gasteiger partial charge in [0.2, 0.25) is 0 Å². The van der Waals surface area contributed by atoms with Crippen LogP contribution in [-0.2, 0) is 55.8 Å². The second kappa shape index (κ2) is 77.3. The van der Waals surface area contributed by atoms with E-state index in [1.165, 1.54) is 128 Å². The summed E-state index contributed by atoms with van der Waals surface area (Å²) < 4.78 is 61.1. The summed E-state index contributed by atoms with van der Waals surface area (Å²) in [5, 5.41) is 20.6. The predicted octanol–water partition coefficient (Wildman–Crippen LogP) is 23.9. The highest BCUT2D eigenvalue weighted by Gasteiger charge is 2.29. The Kier molecular flexibility index (Phi) is 74.1. The Hall–Kier alpha value is -4.31. The second-order valence-corrected chi connectivity index (χ2v) is 29.7. The van der Waals surface area contributed by atoms with Crippen LogP contribution in [0.2, 0.25) is 0 Å². The minimum absolute atomic E-state index is 0.0858. The molecule has 0 saturated heterocycles. The summed E-state index contributed by atoms with van der Waals surface area (Å²) in [5.74, 6) is -1.61. The first-order valence-electron chi connectivity index (χ1n) is 40.5. The van der Waals surface area contributed by atoms with Crippen molar-refractivity contribution in [3.63, 3.8) is 0 Å². The summed E-state index contributed by atoms with van der Waals surface area (Å²) >= 11 is 0. The van der Waals surface area contributed by atoms with E-state index in [1.807, 2.05) is 0 Å². The van der Waals surface area contributed by atoms with Gasteiger partial charge in [0.05, 0.1) is 26.4 Å². The molecule has 0 saturated carbocycles. The van der Waals surface area contributed by atoms with E-state index in [-0.39, 0.29) is 19.3 Å². The topological polar surface area (TPSA) is 231 Å². The average molecular weight is 1490 g/mol. The predicted molar refractivity (Wildman–Crippen MR) is 426 cm³/mol. The van der Waals surface area contributed by atoms with Gasteiger partial charge in [-0.3, -0.25) is 32.5 Å². The third kappa shape index (κ3) is 78.6. The van der Waals surface area contributed by atoms with Crippen LogP contribution in [0.4, 0.5) is 0 Å². The minimum atomic E-state index is -4.94. The van der Waals surface area contributed by atoms with E-state index in [9.17, 15) is 43.5 Å². The SMILES string of the molecule is CC/C=C\C/C=C\C/C=C\C/C=C\C/C=C\C/C=C\CCCCCCC(=O)OCC(COP(=O)(O)OCC(O)COP(=O)(O)OCC(O)COC(=O)CCCCCCCCCCCCCCCCC/C=C\C/C=C\C/C=C\C/C=C\CCCCC)OC(=O)CCCCCCC/C=C\CCCCCC. The molecule has 0 aromatic heterocycles. The summed E-state index contributed by atoms with van der Waals surface area (Å²) in [5.41, 5.74) is 0. The number of carbonyl (C=O) groups is 3. The van der Waals surface area contributed by atoms with Crippen molar-refractivity contribution in [2.75, 3.05) is 39.6 Å². The van der Waals surface area contributed by atoms with Gasteiger partial charge < -0.3 is 34.2 Å². The molecule has 5 unspecified atom stereocenters. The second-order valence-electron chi connectivity index (χ2n) is 26.8. The fourth-order valence-corrected chi connectivity index (χ4v) is 12.3. The van der Waals surface area contributed by atoms with E-state index in [0.717, 1.165) is 141 Å². The molecule has 18 heteroatoms.